The van der Waals surface area contributed by atoms with Gasteiger partial charge in [0.15, 0.2) is 32.2 Å². The van der Waals surface area contributed by atoms with Gasteiger partial charge < -0.3 is 11.1 Å². The minimum atomic E-state index is -5.05. The van der Waals surface area contributed by atoms with Crippen LogP contribution in [0.3, 0.4) is 0 Å². The van der Waals surface area contributed by atoms with Crippen LogP contribution in [-0.2, 0) is 24.7 Å². The van der Waals surface area contributed by atoms with Crippen LogP contribution in [0.2, 0.25) is 0 Å². The number of carbonyl (C=O) groups excluding carboxylic acids is 1. The Bertz CT molecular complexity index is 1020. The fourth-order valence-corrected chi connectivity index (χ4v) is 5.62. The molecule has 0 spiro atoms. The zero-order valence-corrected chi connectivity index (χ0v) is 17.7. The van der Waals surface area contributed by atoms with E-state index in [1.54, 1.807) is 0 Å². The summed E-state index contributed by atoms with van der Waals surface area (Å²) in [5.41, 5.74) is 3.91. The van der Waals surface area contributed by atoms with Crippen molar-refractivity contribution in [1.29, 1.82) is 0 Å². The first-order valence-corrected chi connectivity index (χ1v) is 12.6. The van der Waals surface area contributed by atoms with Crippen LogP contribution in [0.4, 0.5) is 18.9 Å². The van der Waals surface area contributed by atoms with Crippen molar-refractivity contribution in [3.63, 3.8) is 0 Å². The Morgan fingerprint density at radius 2 is 1.40 bits per heavy atom. The molecule has 30 heavy (non-hydrogen) atoms. The molecule has 1 aromatic rings. The Morgan fingerprint density at radius 3 is 1.90 bits per heavy atom. The number of hydrogen-bond donors (Lipinski definition) is 3. The zero-order chi connectivity index (χ0) is 22.7. The Morgan fingerprint density at radius 1 is 0.900 bits per heavy atom. The number of nitrogens with two attached hydrogens (primary N) is 2. The minimum absolute atomic E-state index is 0.490. The van der Waals surface area contributed by atoms with Crippen molar-refractivity contribution < 1.29 is 34.8 Å². The summed E-state index contributed by atoms with van der Waals surface area (Å²) in [6, 6.07) is -0.497. The quantitative estimate of drug-likeness (QED) is 0.517. The van der Waals surface area contributed by atoms with Crippen LogP contribution in [-0.4, -0.2) is 34.5 Å². The number of carbonyl (C=O) groups is 1. The largest absolute Gasteiger partial charge is 0.379 e. The normalized spacial score (nSPS) is 16.7. The van der Waals surface area contributed by atoms with Gasteiger partial charge in [-0.2, -0.15) is 0 Å². The van der Waals surface area contributed by atoms with E-state index in [9.17, 15) is 30.4 Å². The summed E-state index contributed by atoms with van der Waals surface area (Å²) in [5.74, 6) is -8.17. The van der Waals surface area contributed by atoms with E-state index >= 15 is 4.39 Å². The smallest absolute Gasteiger partial charge is 0.244 e. The minimum Gasteiger partial charge on any atom is -0.379 e. The number of halogens is 3. The van der Waals surface area contributed by atoms with Gasteiger partial charge in [-0.05, 0) is 12.8 Å². The fraction of sp³-hybridized carbons (Fsp3) is 0.588. The van der Waals surface area contributed by atoms with E-state index in [-0.39, 0.29) is 0 Å². The molecule has 0 radical (unpaired) electrons. The van der Waals surface area contributed by atoms with Crippen molar-refractivity contribution in [3.05, 3.63) is 17.5 Å². The summed E-state index contributed by atoms with van der Waals surface area (Å²) in [6.45, 7) is 0. The highest BCUT2D eigenvalue weighted by molar-refractivity contribution is 7.91. The lowest BCUT2D eigenvalue weighted by Crippen LogP contribution is -2.27. The van der Waals surface area contributed by atoms with Crippen molar-refractivity contribution in [2.24, 2.45) is 10.9 Å². The maximum atomic E-state index is 15.1. The first-order valence-electron chi connectivity index (χ1n) is 9.37. The molecule has 1 aliphatic rings. The van der Waals surface area contributed by atoms with Gasteiger partial charge in [-0.25, -0.2) is 35.1 Å². The average molecular weight is 472 g/mol. The van der Waals surface area contributed by atoms with Crippen LogP contribution in [0.1, 0.15) is 51.4 Å². The standard InChI is InChI=1S/C17H24F3N3O5S2/c18-12-13(19)17(29(25,26)9-8-11(21)24)15(14(20)16(12)30(22,27)28)23-10-6-4-2-1-3-5-7-10/h10,23H,1-9H2,(H2,21,24)(H2,22,27,28). The number of sulfonamides is 1. The molecule has 2 rings (SSSR count). The van der Waals surface area contributed by atoms with Crippen LogP contribution < -0.4 is 16.2 Å². The molecule has 13 heteroatoms. The molecule has 0 aromatic heterocycles. The molecular formula is C17H24F3N3O5S2. The van der Waals surface area contributed by atoms with Crippen molar-refractivity contribution in [2.75, 3.05) is 11.1 Å². The van der Waals surface area contributed by atoms with E-state index in [2.05, 4.69) is 5.32 Å². The number of nitrogens with one attached hydrogen (secondary N) is 1. The van der Waals surface area contributed by atoms with Crippen molar-refractivity contribution in [1.82, 2.24) is 0 Å². The molecule has 5 N–H and O–H groups in total. The van der Waals surface area contributed by atoms with E-state index in [1.165, 1.54) is 0 Å². The van der Waals surface area contributed by atoms with Crippen LogP contribution in [0.25, 0.3) is 0 Å². The number of benzene rings is 1. The first-order chi connectivity index (χ1) is 13.9. The number of primary amides is 1. The molecule has 1 fully saturated rings. The lowest BCUT2D eigenvalue weighted by atomic mass is 9.96. The maximum Gasteiger partial charge on any atom is 0.244 e. The molecular weight excluding hydrogens is 447 g/mol. The molecule has 1 saturated carbocycles. The molecule has 0 heterocycles. The van der Waals surface area contributed by atoms with Gasteiger partial charge in [-0.3, -0.25) is 4.79 Å². The molecule has 1 aromatic carbocycles. The van der Waals surface area contributed by atoms with Gasteiger partial charge in [-0.1, -0.05) is 32.1 Å². The van der Waals surface area contributed by atoms with Crippen molar-refractivity contribution in [2.45, 2.75) is 67.2 Å². The predicted octanol–water partition coefficient (Wildman–Crippen LogP) is 1.93. The molecule has 1 aliphatic carbocycles. The molecule has 170 valence electrons. The van der Waals surface area contributed by atoms with Gasteiger partial charge >= 0.3 is 0 Å². The van der Waals surface area contributed by atoms with Gasteiger partial charge in [0.1, 0.15) is 4.90 Å². The number of anilines is 1. The van der Waals surface area contributed by atoms with Crippen LogP contribution in [0, 0.1) is 17.5 Å². The van der Waals surface area contributed by atoms with E-state index < -0.39 is 76.9 Å². The third-order valence-electron chi connectivity index (χ3n) is 4.90. The Kier molecular flexibility index (Phi) is 7.74. The van der Waals surface area contributed by atoms with Gasteiger partial charge in [0.2, 0.25) is 15.9 Å². The molecule has 1 amide bonds. The topological polar surface area (TPSA) is 149 Å². The number of primary sulfonamides is 1. The SMILES string of the molecule is NC(=O)CCS(=O)(=O)c1c(F)c(F)c(S(N)(=O)=O)c(F)c1NC1CCCCCCC1. The van der Waals surface area contributed by atoms with E-state index in [0.29, 0.717) is 12.8 Å². The van der Waals surface area contributed by atoms with E-state index in [4.69, 9.17) is 10.9 Å². The summed E-state index contributed by atoms with van der Waals surface area (Å²) in [7, 11) is -9.79. The average Bonchev–Trinajstić information content (AvgIpc) is 2.58. The number of rotatable bonds is 7. The van der Waals surface area contributed by atoms with Gasteiger partial charge in [-0.15, -0.1) is 0 Å². The highest BCUT2D eigenvalue weighted by Gasteiger charge is 2.36. The molecule has 0 aliphatic heterocycles. The Labute approximate surface area is 173 Å². The second-order valence-corrected chi connectivity index (χ2v) is 10.8. The maximum absolute atomic E-state index is 15.1. The molecule has 8 nitrogen and oxygen atoms in total. The predicted molar refractivity (Wildman–Crippen MR) is 103 cm³/mol. The third kappa shape index (κ3) is 5.64. The van der Waals surface area contributed by atoms with E-state index in [0.717, 1.165) is 32.1 Å². The summed E-state index contributed by atoms with van der Waals surface area (Å²) < 4.78 is 92.7. The summed E-state index contributed by atoms with van der Waals surface area (Å²) in [4.78, 5) is 7.82. The van der Waals surface area contributed by atoms with E-state index in [1.807, 2.05) is 0 Å². The second-order valence-electron chi connectivity index (χ2n) is 7.24. The highest BCUT2D eigenvalue weighted by Crippen LogP contribution is 2.37. The van der Waals surface area contributed by atoms with Crippen LogP contribution in [0.15, 0.2) is 9.79 Å². The summed E-state index contributed by atoms with van der Waals surface area (Å²) in [6.07, 6.45) is 4.52. The van der Waals surface area contributed by atoms with Gasteiger partial charge in [0.05, 0.1) is 11.4 Å². The van der Waals surface area contributed by atoms with Crippen LogP contribution in [0.5, 0.6) is 0 Å². The highest BCUT2D eigenvalue weighted by atomic mass is 32.2. The third-order valence-corrected chi connectivity index (χ3v) is 7.58. The lowest BCUT2D eigenvalue weighted by Gasteiger charge is -2.25. The summed E-state index contributed by atoms with van der Waals surface area (Å²) in [5, 5.41) is 7.38. The molecule has 0 unspecified atom stereocenters. The second kappa shape index (κ2) is 9.52. The Balaban J connectivity index is 2.68. The molecule has 0 atom stereocenters. The summed E-state index contributed by atoms with van der Waals surface area (Å²) >= 11 is 0. The molecule has 0 saturated heterocycles. The first kappa shape index (κ1) is 24.4. The number of amides is 1. The molecule has 0 bridgehead atoms. The van der Waals surface area contributed by atoms with Crippen molar-refractivity contribution in [3.8, 4) is 0 Å². The Hall–Kier alpha value is -1.86. The van der Waals surface area contributed by atoms with Gasteiger partial charge in [0, 0.05) is 12.5 Å². The van der Waals surface area contributed by atoms with Gasteiger partial charge in [0.25, 0.3) is 0 Å². The zero-order valence-electron chi connectivity index (χ0n) is 16.1. The number of hydrogen-bond acceptors (Lipinski definition) is 6. The van der Waals surface area contributed by atoms with Crippen molar-refractivity contribution >= 4 is 31.5 Å². The monoisotopic (exact) mass is 471 g/mol. The fourth-order valence-electron chi connectivity index (χ4n) is 3.43. The van der Waals surface area contributed by atoms with Crippen LogP contribution >= 0.6 is 0 Å². The lowest BCUT2D eigenvalue weighted by molar-refractivity contribution is -0.117. The number of sulfone groups is 1.